The zero-order valence-electron chi connectivity index (χ0n) is 22.5. The van der Waals surface area contributed by atoms with Crippen molar-refractivity contribution in [2.24, 2.45) is 0 Å². The lowest BCUT2D eigenvalue weighted by atomic mass is 9.92. The van der Waals surface area contributed by atoms with Gasteiger partial charge in [0.2, 0.25) is 5.91 Å². The molecule has 2 aromatic heterocycles. The summed E-state index contributed by atoms with van der Waals surface area (Å²) in [5.74, 6) is -3.15. The second-order valence-electron chi connectivity index (χ2n) is 10.2. The van der Waals surface area contributed by atoms with Gasteiger partial charge in [0, 0.05) is 22.9 Å². The molecule has 1 amide bonds. The molecule has 2 atom stereocenters. The van der Waals surface area contributed by atoms with Gasteiger partial charge in [0.25, 0.3) is 5.56 Å². The number of hydrogen-bond donors (Lipinski definition) is 2. The Morgan fingerprint density at radius 2 is 1.81 bits per heavy atom. The average molecular weight is 571 g/mol. The van der Waals surface area contributed by atoms with Gasteiger partial charge in [-0.2, -0.15) is 0 Å². The summed E-state index contributed by atoms with van der Waals surface area (Å²) in [4.78, 5) is 39.5. The normalized spacial score (nSPS) is 16.4. The van der Waals surface area contributed by atoms with E-state index in [2.05, 4.69) is 5.32 Å². The van der Waals surface area contributed by atoms with Gasteiger partial charge in [0.1, 0.15) is 34.8 Å². The molecule has 0 spiro atoms. The summed E-state index contributed by atoms with van der Waals surface area (Å²) in [6.45, 7) is 3.39. The summed E-state index contributed by atoms with van der Waals surface area (Å²) in [5.41, 5.74) is 1.52. The molecule has 5 aromatic rings. The quantitative estimate of drug-likeness (QED) is 0.268. The number of carboxylic acids is 1. The number of hydrogen-bond acceptors (Lipinski definition) is 5. The highest BCUT2D eigenvalue weighted by Crippen LogP contribution is 2.40. The van der Waals surface area contributed by atoms with E-state index in [1.165, 1.54) is 42.8 Å². The first-order valence-electron chi connectivity index (χ1n) is 13.1. The Kier molecular flexibility index (Phi) is 6.61. The van der Waals surface area contributed by atoms with E-state index in [9.17, 15) is 19.5 Å². The fourth-order valence-electron chi connectivity index (χ4n) is 5.48. The molecule has 8 nitrogen and oxygen atoms in total. The highest BCUT2D eigenvalue weighted by atomic mass is 19.1. The Bertz CT molecular complexity index is 1960. The minimum Gasteiger partial charge on any atom is -0.481 e. The van der Waals surface area contributed by atoms with Crippen molar-refractivity contribution in [3.63, 3.8) is 0 Å². The molecule has 0 radical (unpaired) electrons. The Labute approximate surface area is 237 Å². The summed E-state index contributed by atoms with van der Waals surface area (Å²) in [7, 11) is 0. The maximum atomic E-state index is 15.7. The van der Waals surface area contributed by atoms with Crippen molar-refractivity contribution in [3.05, 3.63) is 117 Å². The van der Waals surface area contributed by atoms with Crippen LogP contribution < -0.4 is 15.6 Å². The summed E-state index contributed by atoms with van der Waals surface area (Å²) in [6, 6.07) is 12.2. The number of carboxylic acid groups (broad SMARTS) is 1. The van der Waals surface area contributed by atoms with E-state index in [4.69, 9.17) is 9.15 Å². The summed E-state index contributed by atoms with van der Waals surface area (Å²) >= 11 is 0. The van der Waals surface area contributed by atoms with Crippen LogP contribution in [0.15, 0.2) is 82.3 Å². The first-order chi connectivity index (χ1) is 20.1. The number of rotatable bonds is 3. The van der Waals surface area contributed by atoms with Crippen molar-refractivity contribution in [2.75, 3.05) is 0 Å². The largest absolute Gasteiger partial charge is 0.481 e. The predicted octanol–water partition coefficient (Wildman–Crippen LogP) is 6.18. The van der Waals surface area contributed by atoms with Crippen molar-refractivity contribution < 1.29 is 32.6 Å². The standard InChI is InChI=1S/C32H24F2N2O6/c1-16-4-3-5-26-28(16)18-12-17(2)29(34)22(13-18)24(15-27(37)38)35-31(39)30(21-14-19(42-26)6-7-23(21)33)36-10-8-25-20(32(36)40)9-11-41-25/h3-14,24,30H,15H2,1-2H3,(H,35,39)(H,37,38)/t24-,30-/m0/s1. The highest BCUT2D eigenvalue weighted by molar-refractivity contribution is 5.86. The third-order valence-corrected chi connectivity index (χ3v) is 7.44. The van der Waals surface area contributed by atoms with Gasteiger partial charge < -0.3 is 19.6 Å². The molecule has 0 saturated heterocycles. The number of aliphatic carboxylic acids is 1. The predicted molar refractivity (Wildman–Crippen MR) is 150 cm³/mol. The van der Waals surface area contributed by atoms with Gasteiger partial charge in [0.15, 0.2) is 0 Å². The van der Waals surface area contributed by atoms with Crippen molar-refractivity contribution >= 4 is 22.8 Å². The molecule has 6 rings (SSSR count). The van der Waals surface area contributed by atoms with Gasteiger partial charge in [-0.3, -0.25) is 19.0 Å². The fourth-order valence-corrected chi connectivity index (χ4v) is 5.48. The van der Waals surface area contributed by atoms with Gasteiger partial charge >= 0.3 is 5.97 Å². The lowest BCUT2D eigenvalue weighted by Gasteiger charge is -2.25. The molecule has 10 heteroatoms. The number of aromatic nitrogens is 1. The third-order valence-electron chi connectivity index (χ3n) is 7.44. The van der Waals surface area contributed by atoms with Gasteiger partial charge in [0.05, 0.1) is 24.1 Å². The number of ether oxygens (including phenoxy) is 1. The van der Waals surface area contributed by atoms with Crippen LogP contribution in [-0.2, 0) is 9.59 Å². The molecule has 1 aliphatic rings. The van der Waals surface area contributed by atoms with E-state index in [0.29, 0.717) is 16.9 Å². The molecule has 4 bridgehead atoms. The topological polar surface area (TPSA) is 111 Å². The number of benzene rings is 3. The van der Waals surface area contributed by atoms with Crippen LogP contribution in [-0.4, -0.2) is 21.6 Å². The van der Waals surface area contributed by atoms with Crippen molar-refractivity contribution in [3.8, 4) is 22.6 Å². The zero-order valence-corrected chi connectivity index (χ0v) is 22.5. The Morgan fingerprint density at radius 1 is 1.00 bits per heavy atom. The van der Waals surface area contributed by atoms with E-state index in [-0.39, 0.29) is 33.4 Å². The minimum atomic E-state index is -1.61. The van der Waals surface area contributed by atoms with E-state index in [1.54, 1.807) is 25.1 Å². The molecule has 0 aliphatic carbocycles. The number of aryl methyl sites for hydroxylation is 2. The highest BCUT2D eigenvalue weighted by Gasteiger charge is 2.32. The Morgan fingerprint density at radius 3 is 2.60 bits per heavy atom. The number of carbonyl (C=O) groups excluding carboxylic acids is 1. The zero-order chi connectivity index (χ0) is 29.7. The molecular formula is C32H24F2N2O6. The van der Waals surface area contributed by atoms with E-state index in [0.717, 1.165) is 16.2 Å². The van der Waals surface area contributed by atoms with Crippen LogP contribution >= 0.6 is 0 Å². The maximum Gasteiger partial charge on any atom is 0.305 e. The number of carbonyl (C=O) groups is 2. The smallest absolute Gasteiger partial charge is 0.305 e. The number of pyridine rings is 1. The molecule has 212 valence electrons. The van der Waals surface area contributed by atoms with Gasteiger partial charge in [-0.1, -0.05) is 12.1 Å². The number of nitrogens with zero attached hydrogens (tertiary/aromatic N) is 1. The summed E-state index contributed by atoms with van der Waals surface area (Å²) in [5, 5.41) is 12.5. The Hall–Kier alpha value is -5.25. The van der Waals surface area contributed by atoms with Crippen molar-refractivity contribution in [1.29, 1.82) is 0 Å². The van der Waals surface area contributed by atoms with Gasteiger partial charge in [-0.05, 0) is 79.1 Å². The van der Waals surface area contributed by atoms with Crippen molar-refractivity contribution in [1.82, 2.24) is 9.88 Å². The molecule has 3 aromatic carbocycles. The summed E-state index contributed by atoms with van der Waals surface area (Å²) < 4.78 is 43.8. The van der Waals surface area contributed by atoms with Crippen LogP contribution in [0.3, 0.4) is 0 Å². The minimum absolute atomic E-state index is 0.0715. The molecule has 0 unspecified atom stereocenters. The average Bonchev–Trinajstić information content (AvgIpc) is 3.42. The van der Waals surface area contributed by atoms with Crippen LogP contribution in [0, 0.1) is 25.5 Å². The number of nitrogens with one attached hydrogen (secondary N) is 1. The maximum absolute atomic E-state index is 15.7. The number of amides is 1. The molecule has 3 heterocycles. The molecule has 1 aliphatic heterocycles. The monoisotopic (exact) mass is 570 g/mol. The number of fused-ring (bicyclic) bond motifs is 7. The molecule has 0 saturated carbocycles. The molecule has 2 N–H and O–H groups in total. The second-order valence-corrected chi connectivity index (χ2v) is 10.2. The van der Waals surface area contributed by atoms with Crippen LogP contribution in [0.2, 0.25) is 0 Å². The third kappa shape index (κ3) is 4.60. The van der Waals surface area contributed by atoms with Crippen molar-refractivity contribution in [2.45, 2.75) is 32.4 Å². The van der Waals surface area contributed by atoms with Crippen LogP contribution in [0.4, 0.5) is 8.78 Å². The van der Waals surface area contributed by atoms with Gasteiger partial charge in [-0.15, -0.1) is 0 Å². The fraction of sp³-hybridized carbons (Fsp3) is 0.156. The molecular weight excluding hydrogens is 546 g/mol. The van der Waals surface area contributed by atoms with Crippen LogP contribution in [0.1, 0.15) is 40.8 Å². The second kappa shape index (κ2) is 10.3. The first kappa shape index (κ1) is 26.9. The van der Waals surface area contributed by atoms with E-state index in [1.807, 2.05) is 13.0 Å². The number of halogens is 2. The van der Waals surface area contributed by atoms with E-state index < -0.39 is 47.6 Å². The van der Waals surface area contributed by atoms with Crippen LogP contribution in [0.5, 0.6) is 11.5 Å². The van der Waals surface area contributed by atoms with E-state index >= 15 is 8.78 Å². The Balaban J connectivity index is 1.65. The first-order valence-corrected chi connectivity index (χ1v) is 13.1. The lowest BCUT2D eigenvalue weighted by Crippen LogP contribution is -2.40. The van der Waals surface area contributed by atoms with Crippen LogP contribution in [0.25, 0.3) is 22.1 Å². The SMILES string of the molecule is Cc1cc2cc(c1F)[C@H](CC(=O)O)NC(=O)[C@@H](n1ccc3occc3c1=O)c1cc(ccc1F)Oc1cccc(C)c1-2. The molecule has 42 heavy (non-hydrogen) atoms. The lowest BCUT2D eigenvalue weighted by molar-refractivity contribution is -0.137. The molecule has 0 fully saturated rings. The summed E-state index contributed by atoms with van der Waals surface area (Å²) in [6.07, 6.45) is 1.93. The van der Waals surface area contributed by atoms with Gasteiger partial charge in [-0.25, -0.2) is 8.78 Å². The number of furan rings is 1.